The molecule has 2 N–H and O–H groups in total. The summed E-state index contributed by atoms with van der Waals surface area (Å²) in [4.78, 5) is 0. The van der Waals surface area contributed by atoms with Gasteiger partial charge < -0.3 is 10.5 Å². The van der Waals surface area contributed by atoms with Gasteiger partial charge in [0.05, 0.1) is 0 Å². The number of rotatable bonds is 4. The highest BCUT2D eigenvalue weighted by molar-refractivity contribution is 5.85. The molecule has 0 saturated carbocycles. The fourth-order valence-electron chi connectivity index (χ4n) is 0.747. The van der Waals surface area contributed by atoms with Crippen LogP contribution in [0.5, 0.6) is 0 Å². The zero-order chi connectivity index (χ0) is 7.28. The maximum Gasteiger partial charge on any atom is 0.105 e. The minimum absolute atomic E-state index is 0. The fraction of sp³-hybridized carbons (Fsp3) is 1.00. The van der Waals surface area contributed by atoms with Gasteiger partial charge in [-0.15, -0.1) is 12.4 Å². The van der Waals surface area contributed by atoms with Crippen LogP contribution in [0, 0.1) is 5.92 Å². The van der Waals surface area contributed by atoms with Crippen LogP contribution in [-0.2, 0) is 4.74 Å². The van der Waals surface area contributed by atoms with Crippen LogP contribution in [0.3, 0.4) is 0 Å². The van der Waals surface area contributed by atoms with Gasteiger partial charge in [-0.2, -0.15) is 0 Å². The van der Waals surface area contributed by atoms with E-state index in [0.717, 1.165) is 6.42 Å². The molecular weight excluding hydrogens is 150 g/mol. The van der Waals surface area contributed by atoms with Crippen LogP contribution in [0.25, 0.3) is 0 Å². The van der Waals surface area contributed by atoms with Gasteiger partial charge in [0.25, 0.3) is 0 Å². The summed E-state index contributed by atoms with van der Waals surface area (Å²) in [6, 6.07) is 0. The molecule has 0 aromatic rings. The normalized spacial score (nSPS) is 12.9. The van der Waals surface area contributed by atoms with Crippen LogP contribution < -0.4 is 5.73 Å². The van der Waals surface area contributed by atoms with Crippen molar-refractivity contribution in [2.75, 3.05) is 6.61 Å². The van der Waals surface area contributed by atoms with Gasteiger partial charge in [-0.25, -0.2) is 0 Å². The molecule has 2 nitrogen and oxygen atoms in total. The first kappa shape index (κ1) is 12.8. The molecule has 0 aromatic carbocycles. The van der Waals surface area contributed by atoms with Crippen LogP contribution in [0.2, 0.25) is 0 Å². The maximum atomic E-state index is 5.56. The molecule has 3 heteroatoms. The summed E-state index contributed by atoms with van der Waals surface area (Å²) in [5.41, 5.74) is 5.56. The highest BCUT2D eigenvalue weighted by Crippen LogP contribution is 2.02. The Labute approximate surface area is 69.5 Å². The van der Waals surface area contributed by atoms with Crippen molar-refractivity contribution in [3.8, 4) is 0 Å². The molecule has 0 spiro atoms. The van der Waals surface area contributed by atoms with Gasteiger partial charge in [-0.1, -0.05) is 13.8 Å². The van der Waals surface area contributed by atoms with Crippen molar-refractivity contribution in [3.05, 3.63) is 0 Å². The van der Waals surface area contributed by atoms with Crippen molar-refractivity contribution in [1.82, 2.24) is 0 Å². The van der Waals surface area contributed by atoms with E-state index in [1.807, 2.05) is 6.92 Å². The molecule has 64 valence electrons. The van der Waals surface area contributed by atoms with Crippen molar-refractivity contribution in [1.29, 1.82) is 0 Å². The fourth-order valence-corrected chi connectivity index (χ4v) is 0.747. The summed E-state index contributed by atoms with van der Waals surface area (Å²) >= 11 is 0. The van der Waals surface area contributed by atoms with Crippen molar-refractivity contribution >= 4 is 12.4 Å². The smallest absolute Gasteiger partial charge is 0.105 e. The average Bonchev–Trinajstić information content (AvgIpc) is 1.63. The van der Waals surface area contributed by atoms with E-state index in [9.17, 15) is 0 Å². The summed E-state index contributed by atoms with van der Waals surface area (Å²) in [5, 5.41) is 0. The molecule has 0 radical (unpaired) electrons. The molecule has 0 heterocycles. The summed E-state index contributed by atoms with van der Waals surface area (Å²) in [7, 11) is 0. The SMILES string of the molecule is CCOC(N)CC(C)C.Cl. The van der Waals surface area contributed by atoms with E-state index in [2.05, 4.69) is 13.8 Å². The van der Waals surface area contributed by atoms with Gasteiger partial charge >= 0.3 is 0 Å². The first-order valence-electron chi connectivity index (χ1n) is 3.54. The van der Waals surface area contributed by atoms with Gasteiger partial charge in [-0.05, 0) is 19.3 Å². The van der Waals surface area contributed by atoms with Crippen LogP contribution >= 0.6 is 12.4 Å². The lowest BCUT2D eigenvalue weighted by atomic mass is 10.1. The minimum Gasteiger partial charge on any atom is -0.364 e. The largest absolute Gasteiger partial charge is 0.364 e. The Morgan fingerprint density at radius 2 is 1.90 bits per heavy atom. The number of hydrogen-bond acceptors (Lipinski definition) is 2. The Balaban J connectivity index is 0. The van der Waals surface area contributed by atoms with E-state index in [-0.39, 0.29) is 18.6 Å². The Bertz CT molecular complexity index is 68.6. The summed E-state index contributed by atoms with van der Waals surface area (Å²) in [6.07, 6.45) is 0.892. The van der Waals surface area contributed by atoms with Crippen molar-refractivity contribution in [2.24, 2.45) is 11.7 Å². The summed E-state index contributed by atoms with van der Waals surface area (Å²) in [6.45, 7) is 6.95. The number of ether oxygens (including phenoxy) is 1. The monoisotopic (exact) mass is 167 g/mol. The Kier molecular flexibility index (Phi) is 9.40. The second kappa shape index (κ2) is 7.32. The molecule has 0 bridgehead atoms. The van der Waals surface area contributed by atoms with Gasteiger partial charge in [0.2, 0.25) is 0 Å². The third-order valence-electron chi connectivity index (χ3n) is 1.08. The zero-order valence-electron chi connectivity index (χ0n) is 6.96. The van der Waals surface area contributed by atoms with Gasteiger partial charge in [0.15, 0.2) is 0 Å². The number of halogens is 1. The molecular formula is C7H18ClNO. The Morgan fingerprint density at radius 1 is 1.40 bits per heavy atom. The highest BCUT2D eigenvalue weighted by Gasteiger charge is 2.02. The minimum atomic E-state index is -0.0602. The topological polar surface area (TPSA) is 35.2 Å². The predicted molar refractivity (Wildman–Crippen MR) is 46.3 cm³/mol. The van der Waals surface area contributed by atoms with Crippen molar-refractivity contribution < 1.29 is 4.74 Å². The van der Waals surface area contributed by atoms with Crippen LogP contribution in [0.15, 0.2) is 0 Å². The predicted octanol–water partition coefficient (Wildman–Crippen LogP) is 1.78. The average molecular weight is 168 g/mol. The van der Waals surface area contributed by atoms with Crippen LogP contribution in [-0.4, -0.2) is 12.8 Å². The molecule has 0 amide bonds. The first-order chi connectivity index (χ1) is 4.16. The number of nitrogens with two attached hydrogens (primary N) is 1. The third kappa shape index (κ3) is 8.21. The van der Waals surface area contributed by atoms with Crippen molar-refractivity contribution in [3.63, 3.8) is 0 Å². The van der Waals surface area contributed by atoms with Crippen molar-refractivity contribution in [2.45, 2.75) is 33.4 Å². The Hall–Kier alpha value is 0.210. The molecule has 0 aliphatic rings. The van der Waals surface area contributed by atoms with E-state index in [4.69, 9.17) is 10.5 Å². The van der Waals surface area contributed by atoms with Gasteiger partial charge in [-0.3, -0.25) is 0 Å². The second-order valence-corrected chi connectivity index (χ2v) is 2.62. The van der Waals surface area contributed by atoms with Gasteiger partial charge in [0.1, 0.15) is 6.23 Å². The lowest BCUT2D eigenvalue weighted by Crippen LogP contribution is -2.25. The summed E-state index contributed by atoms with van der Waals surface area (Å²) < 4.78 is 5.13. The lowest BCUT2D eigenvalue weighted by molar-refractivity contribution is 0.0529. The van der Waals surface area contributed by atoms with E-state index < -0.39 is 0 Å². The quantitative estimate of drug-likeness (QED) is 0.648. The molecule has 0 rings (SSSR count). The third-order valence-corrected chi connectivity index (χ3v) is 1.08. The molecule has 1 unspecified atom stereocenters. The van der Waals surface area contributed by atoms with E-state index in [1.54, 1.807) is 0 Å². The molecule has 1 atom stereocenters. The van der Waals surface area contributed by atoms with Gasteiger partial charge in [0, 0.05) is 6.61 Å². The highest BCUT2D eigenvalue weighted by atomic mass is 35.5. The molecule has 0 aliphatic carbocycles. The van der Waals surface area contributed by atoms with E-state index in [1.165, 1.54) is 0 Å². The Morgan fingerprint density at radius 3 is 2.20 bits per heavy atom. The standard InChI is InChI=1S/C7H17NO.ClH/c1-4-9-7(8)5-6(2)3;/h6-7H,4-5,8H2,1-3H3;1H. The molecule has 10 heavy (non-hydrogen) atoms. The summed E-state index contributed by atoms with van der Waals surface area (Å²) in [5.74, 6) is 0.631. The van der Waals surface area contributed by atoms with E-state index in [0.29, 0.717) is 12.5 Å². The molecule has 0 aromatic heterocycles. The second-order valence-electron chi connectivity index (χ2n) is 2.62. The number of hydrogen-bond donors (Lipinski definition) is 1. The van der Waals surface area contributed by atoms with Crippen LogP contribution in [0.1, 0.15) is 27.2 Å². The van der Waals surface area contributed by atoms with Crippen LogP contribution in [0.4, 0.5) is 0 Å². The molecule has 0 aliphatic heterocycles. The zero-order valence-corrected chi connectivity index (χ0v) is 7.78. The first-order valence-corrected chi connectivity index (χ1v) is 3.54. The molecule has 0 fully saturated rings. The maximum absolute atomic E-state index is 5.56. The molecule has 0 saturated heterocycles. The lowest BCUT2D eigenvalue weighted by Gasteiger charge is -2.12. The van der Waals surface area contributed by atoms with E-state index >= 15 is 0 Å².